The monoisotopic (exact) mass is 351 g/mol. The summed E-state index contributed by atoms with van der Waals surface area (Å²) in [4.78, 5) is 20.4. The Labute approximate surface area is 147 Å². The van der Waals surface area contributed by atoms with Gasteiger partial charge in [-0.1, -0.05) is 18.2 Å². The second-order valence-electron chi connectivity index (χ2n) is 5.27. The van der Waals surface area contributed by atoms with Gasteiger partial charge < -0.3 is 4.57 Å². The summed E-state index contributed by atoms with van der Waals surface area (Å²) in [5.74, 6) is 0. The van der Waals surface area contributed by atoms with Gasteiger partial charge in [0, 0.05) is 29.7 Å². The predicted octanol–water partition coefficient (Wildman–Crippen LogP) is 3.74. The molecule has 0 radical (unpaired) electrons. The third-order valence-corrected chi connectivity index (χ3v) is 3.56. The molecule has 0 saturated heterocycles. The maximum absolute atomic E-state index is 11.1. The Balaban J connectivity index is 1.76. The Bertz CT molecular complexity index is 982. The van der Waals surface area contributed by atoms with Crippen LogP contribution in [0, 0.1) is 20.2 Å². The first-order valence-electron chi connectivity index (χ1n) is 7.50. The van der Waals surface area contributed by atoms with Gasteiger partial charge >= 0.3 is 5.69 Å². The maximum Gasteiger partial charge on any atom is 0.301 e. The lowest BCUT2D eigenvalue weighted by Gasteiger charge is -2.02. The molecule has 0 aliphatic heterocycles. The van der Waals surface area contributed by atoms with Crippen molar-refractivity contribution in [3.05, 3.63) is 92.8 Å². The Morgan fingerprint density at radius 3 is 2.46 bits per heavy atom. The maximum atomic E-state index is 11.1. The van der Waals surface area contributed by atoms with Crippen LogP contribution in [0.4, 0.5) is 17.1 Å². The summed E-state index contributed by atoms with van der Waals surface area (Å²) in [5.41, 5.74) is 3.62. The normalized spacial score (nSPS) is 10.8. The molecule has 26 heavy (non-hydrogen) atoms. The molecule has 0 aliphatic carbocycles. The van der Waals surface area contributed by atoms with Gasteiger partial charge in [0.1, 0.15) is 5.69 Å². The standard InChI is InChI=1S/C17H13N5O4/c23-21(24)15-6-7-16(17(10-15)22(25)26)19-18-11-13-8-9-20(12-13)14-4-2-1-3-5-14/h1-12,19H/b18-11-. The molecule has 0 amide bonds. The molecule has 1 N–H and O–H groups in total. The fourth-order valence-electron chi connectivity index (χ4n) is 2.31. The minimum Gasteiger partial charge on any atom is -0.323 e. The number of non-ortho nitro benzene ring substituents is 1. The van der Waals surface area contributed by atoms with Crippen molar-refractivity contribution >= 4 is 23.3 Å². The summed E-state index contributed by atoms with van der Waals surface area (Å²) in [7, 11) is 0. The molecule has 1 aromatic heterocycles. The summed E-state index contributed by atoms with van der Waals surface area (Å²) >= 11 is 0. The molecule has 1 heterocycles. The van der Waals surface area contributed by atoms with Crippen molar-refractivity contribution in [2.75, 3.05) is 5.43 Å². The highest BCUT2D eigenvalue weighted by molar-refractivity contribution is 5.80. The summed E-state index contributed by atoms with van der Waals surface area (Å²) < 4.78 is 1.91. The number of aromatic nitrogens is 1. The first-order chi connectivity index (χ1) is 12.5. The molecule has 0 fully saturated rings. The molecule has 0 bridgehead atoms. The zero-order valence-electron chi connectivity index (χ0n) is 13.4. The van der Waals surface area contributed by atoms with Gasteiger partial charge in [-0.15, -0.1) is 0 Å². The predicted molar refractivity (Wildman–Crippen MR) is 96.7 cm³/mol. The third kappa shape index (κ3) is 3.73. The van der Waals surface area contributed by atoms with Crippen molar-refractivity contribution < 1.29 is 9.85 Å². The number of nitro groups is 2. The zero-order valence-corrected chi connectivity index (χ0v) is 13.4. The number of nitrogens with one attached hydrogen (secondary N) is 1. The number of anilines is 1. The minimum absolute atomic E-state index is 0.0688. The van der Waals surface area contributed by atoms with E-state index in [0.29, 0.717) is 0 Å². The van der Waals surface area contributed by atoms with E-state index in [-0.39, 0.29) is 11.4 Å². The van der Waals surface area contributed by atoms with Gasteiger partial charge in [0.05, 0.1) is 22.1 Å². The van der Waals surface area contributed by atoms with E-state index in [9.17, 15) is 20.2 Å². The van der Waals surface area contributed by atoms with Gasteiger partial charge in [-0.3, -0.25) is 25.7 Å². The molecule has 2 aromatic carbocycles. The number of nitrogens with zero attached hydrogens (tertiary/aromatic N) is 4. The third-order valence-electron chi connectivity index (χ3n) is 3.56. The summed E-state index contributed by atoms with van der Waals surface area (Å²) in [6.07, 6.45) is 5.22. The van der Waals surface area contributed by atoms with Crippen LogP contribution in [0.5, 0.6) is 0 Å². The van der Waals surface area contributed by atoms with Crippen molar-refractivity contribution in [3.8, 4) is 5.69 Å². The quantitative estimate of drug-likeness (QED) is 0.412. The average molecular weight is 351 g/mol. The van der Waals surface area contributed by atoms with Crippen LogP contribution < -0.4 is 5.43 Å². The Morgan fingerprint density at radius 2 is 1.77 bits per heavy atom. The first-order valence-corrected chi connectivity index (χ1v) is 7.50. The molecule has 9 heteroatoms. The van der Waals surface area contributed by atoms with Crippen molar-refractivity contribution in [1.82, 2.24) is 4.57 Å². The number of benzene rings is 2. The number of hydrogen-bond donors (Lipinski definition) is 1. The lowest BCUT2D eigenvalue weighted by molar-refractivity contribution is -0.393. The highest BCUT2D eigenvalue weighted by Gasteiger charge is 2.19. The summed E-state index contributed by atoms with van der Waals surface area (Å²) in [5, 5.41) is 25.8. The van der Waals surface area contributed by atoms with E-state index in [4.69, 9.17) is 0 Å². The molecule has 0 aliphatic rings. The summed E-state index contributed by atoms with van der Waals surface area (Å²) in [6.45, 7) is 0. The zero-order chi connectivity index (χ0) is 18.5. The fourth-order valence-corrected chi connectivity index (χ4v) is 2.31. The molecular formula is C17H13N5O4. The van der Waals surface area contributed by atoms with Gasteiger partial charge in [-0.05, 0) is 24.3 Å². The number of rotatable bonds is 6. The van der Waals surface area contributed by atoms with Crippen LogP contribution in [-0.2, 0) is 0 Å². The van der Waals surface area contributed by atoms with Crippen LogP contribution in [0.3, 0.4) is 0 Å². The Morgan fingerprint density at radius 1 is 1.00 bits per heavy atom. The van der Waals surface area contributed by atoms with Crippen LogP contribution in [-0.4, -0.2) is 20.6 Å². The van der Waals surface area contributed by atoms with Crippen molar-refractivity contribution in [3.63, 3.8) is 0 Å². The van der Waals surface area contributed by atoms with Crippen LogP contribution in [0.25, 0.3) is 5.69 Å². The minimum atomic E-state index is -0.698. The number of para-hydroxylation sites is 1. The molecule has 130 valence electrons. The number of nitro benzene ring substituents is 2. The van der Waals surface area contributed by atoms with Gasteiger partial charge in [0.25, 0.3) is 5.69 Å². The van der Waals surface area contributed by atoms with Gasteiger partial charge in [0.2, 0.25) is 0 Å². The Kier molecular flexibility index (Phi) is 4.70. The van der Waals surface area contributed by atoms with E-state index in [0.717, 1.165) is 17.3 Å². The van der Waals surface area contributed by atoms with Crippen molar-refractivity contribution in [1.29, 1.82) is 0 Å². The molecule has 9 nitrogen and oxygen atoms in total. The van der Waals surface area contributed by atoms with Gasteiger partial charge in [-0.2, -0.15) is 5.10 Å². The van der Waals surface area contributed by atoms with Crippen molar-refractivity contribution in [2.45, 2.75) is 0 Å². The van der Waals surface area contributed by atoms with Crippen LogP contribution in [0.15, 0.2) is 72.1 Å². The average Bonchev–Trinajstić information content (AvgIpc) is 3.11. The first kappa shape index (κ1) is 16.8. The van der Waals surface area contributed by atoms with Gasteiger partial charge in [0.15, 0.2) is 0 Å². The van der Waals surface area contributed by atoms with Gasteiger partial charge in [-0.25, -0.2) is 0 Å². The van der Waals surface area contributed by atoms with E-state index in [1.807, 2.05) is 53.4 Å². The van der Waals surface area contributed by atoms with Crippen LogP contribution >= 0.6 is 0 Å². The van der Waals surface area contributed by atoms with Crippen molar-refractivity contribution in [2.24, 2.45) is 5.10 Å². The second-order valence-corrected chi connectivity index (χ2v) is 5.27. The lowest BCUT2D eigenvalue weighted by Crippen LogP contribution is -1.98. The number of hydrogen-bond acceptors (Lipinski definition) is 6. The van der Waals surface area contributed by atoms with E-state index >= 15 is 0 Å². The highest BCUT2D eigenvalue weighted by atomic mass is 16.6. The molecular weight excluding hydrogens is 338 g/mol. The lowest BCUT2D eigenvalue weighted by atomic mass is 10.2. The molecule has 0 saturated carbocycles. The fraction of sp³-hybridized carbons (Fsp3) is 0. The molecule has 3 aromatic rings. The molecule has 0 atom stereocenters. The van der Waals surface area contributed by atoms with E-state index in [1.54, 1.807) is 0 Å². The largest absolute Gasteiger partial charge is 0.323 e. The van der Waals surface area contributed by atoms with E-state index in [1.165, 1.54) is 18.3 Å². The second kappa shape index (κ2) is 7.26. The highest BCUT2D eigenvalue weighted by Crippen LogP contribution is 2.28. The molecule has 0 spiro atoms. The Hall–Kier alpha value is -4.01. The number of hydrazone groups is 1. The van der Waals surface area contributed by atoms with E-state index in [2.05, 4.69) is 10.5 Å². The van der Waals surface area contributed by atoms with E-state index < -0.39 is 15.5 Å². The molecule has 0 unspecified atom stereocenters. The molecule has 3 rings (SSSR count). The summed E-state index contributed by atoms with van der Waals surface area (Å²) in [6, 6.07) is 14.9. The SMILES string of the molecule is O=[N+]([O-])c1ccc(N/N=C\c2ccn(-c3ccccc3)c2)c([N+](=O)[O-])c1. The smallest absolute Gasteiger partial charge is 0.301 e. The van der Waals surface area contributed by atoms with Crippen LogP contribution in [0.1, 0.15) is 5.56 Å². The topological polar surface area (TPSA) is 116 Å². The van der Waals surface area contributed by atoms with Crippen LogP contribution in [0.2, 0.25) is 0 Å².